The van der Waals surface area contributed by atoms with Crippen molar-refractivity contribution < 1.29 is 4.79 Å². The van der Waals surface area contributed by atoms with Crippen LogP contribution in [0.2, 0.25) is 0 Å². The lowest BCUT2D eigenvalue weighted by Crippen LogP contribution is -2.47. The maximum Gasteiger partial charge on any atom is 0.159 e. The molecule has 2 rings (SSSR count). The maximum atomic E-state index is 12.0. The summed E-state index contributed by atoms with van der Waals surface area (Å²) >= 11 is 1.54. The van der Waals surface area contributed by atoms with Crippen LogP contribution in [0.15, 0.2) is 5.38 Å². The van der Waals surface area contributed by atoms with Gasteiger partial charge in [-0.05, 0) is 32.6 Å². The molecular formula is C11H16N2OS. The van der Waals surface area contributed by atoms with E-state index in [1.54, 1.807) is 0 Å². The topological polar surface area (TPSA) is 56.0 Å². The predicted molar refractivity (Wildman–Crippen MR) is 60.9 cm³/mol. The van der Waals surface area contributed by atoms with Crippen LogP contribution in [0.1, 0.15) is 30.5 Å². The van der Waals surface area contributed by atoms with E-state index in [0.29, 0.717) is 12.3 Å². The first-order valence-corrected chi connectivity index (χ1v) is 6.11. The van der Waals surface area contributed by atoms with E-state index in [1.165, 1.54) is 11.3 Å². The molecule has 1 saturated carbocycles. The Morgan fingerprint density at radius 1 is 1.73 bits per heavy atom. The van der Waals surface area contributed by atoms with Gasteiger partial charge in [-0.1, -0.05) is 0 Å². The number of Topliss-reactive ketones (excluding diaryl/α,β-unsaturated/α-hetero) is 1. The first-order chi connectivity index (χ1) is 7.00. The molecule has 1 aromatic heterocycles. The standard InChI is InChI=1S/C11H16N2OS/c1-7-6-15-10(13-7)5-9(14)11(2,12)8-3-4-8/h6,8H,3-5,12H2,1-2H3. The van der Waals surface area contributed by atoms with E-state index in [1.807, 2.05) is 19.2 Å². The number of hydrogen-bond donors (Lipinski definition) is 1. The largest absolute Gasteiger partial charge is 0.319 e. The van der Waals surface area contributed by atoms with Crippen molar-refractivity contribution in [1.29, 1.82) is 0 Å². The summed E-state index contributed by atoms with van der Waals surface area (Å²) < 4.78 is 0. The van der Waals surface area contributed by atoms with Gasteiger partial charge in [-0.15, -0.1) is 11.3 Å². The Balaban J connectivity index is 2.03. The molecule has 1 aliphatic carbocycles. The molecule has 15 heavy (non-hydrogen) atoms. The molecule has 0 bridgehead atoms. The summed E-state index contributed by atoms with van der Waals surface area (Å²) in [7, 11) is 0. The van der Waals surface area contributed by atoms with Crippen molar-refractivity contribution in [3.05, 3.63) is 16.1 Å². The zero-order chi connectivity index (χ0) is 11.1. The second-order valence-corrected chi connectivity index (χ2v) is 5.48. The molecule has 1 heterocycles. The van der Waals surface area contributed by atoms with Crippen molar-refractivity contribution in [2.24, 2.45) is 11.7 Å². The fraction of sp³-hybridized carbons (Fsp3) is 0.636. The van der Waals surface area contributed by atoms with Gasteiger partial charge in [0.1, 0.15) is 5.01 Å². The highest BCUT2D eigenvalue weighted by Gasteiger charge is 2.43. The number of carbonyl (C=O) groups excluding carboxylic acids is 1. The number of ketones is 1. The van der Waals surface area contributed by atoms with Crippen LogP contribution in [0.4, 0.5) is 0 Å². The first-order valence-electron chi connectivity index (χ1n) is 5.23. The minimum absolute atomic E-state index is 0.124. The van der Waals surface area contributed by atoms with E-state index in [-0.39, 0.29) is 5.78 Å². The number of rotatable bonds is 4. The summed E-state index contributed by atoms with van der Waals surface area (Å²) in [6.07, 6.45) is 2.58. The molecule has 0 saturated heterocycles. The van der Waals surface area contributed by atoms with E-state index in [4.69, 9.17) is 5.73 Å². The minimum atomic E-state index is -0.639. The van der Waals surface area contributed by atoms with Gasteiger partial charge in [0.2, 0.25) is 0 Å². The second kappa shape index (κ2) is 3.68. The van der Waals surface area contributed by atoms with Gasteiger partial charge in [-0.2, -0.15) is 0 Å². The van der Waals surface area contributed by atoms with Gasteiger partial charge in [0.05, 0.1) is 12.0 Å². The van der Waals surface area contributed by atoms with Gasteiger partial charge in [0, 0.05) is 11.1 Å². The monoisotopic (exact) mass is 224 g/mol. The summed E-state index contributed by atoms with van der Waals surface area (Å²) in [4.78, 5) is 16.3. The van der Waals surface area contributed by atoms with Crippen molar-refractivity contribution in [1.82, 2.24) is 4.98 Å². The third-order valence-corrected chi connectivity index (χ3v) is 3.97. The SMILES string of the molecule is Cc1csc(CC(=O)C(C)(N)C2CC2)n1. The van der Waals surface area contributed by atoms with Gasteiger partial charge in [-0.25, -0.2) is 4.98 Å². The summed E-state index contributed by atoms with van der Waals surface area (Å²) in [5.74, 6) is 0.519. The normalized spacial score (nSPS) is 19.9. The summed E-state index contributed by atoms with van der Waals surface area (Å²) in [5, 5.41) is 2.85. The average Bonchev–Trinajstić information content (AvgIpc) is 2.92. The lowest BCUT2D eigenvalue weighted by atomic mass is 9.90. The maximum absolute atomic E-state index is 12.0. The highest BCUT2D eigenvalue weighted by atomic mass is 32.1. The quantitative estimate of drug-likeness (QED) is 0.846. The van der Waals surface area contributed by atoms with Crippen LogP contribution in [0.25, 0.3) is 0 Å². The molecule has 0 amide bonds. The molecule has 0 aliphatic heterocycles. The van der Waals surface area contributed by atoms with Crippen LogP contribution < -0.4 is 5.73 Å². The molecule has 0 radical (unpaired) electrons. The Kier molecular flexibility index (Phi) is 2.64. The molecule has 2 N–H and O–H groups in total. The highest BCUT2D eigenvalue weighted by Crippen LogP contribution is 2.39. The van der Waals surface area contributed by atoms with Gasteiger partial charge >= 0.3 is 0 Å². The lowest BCUT2D eigenvalue weighted by molar-refractivity contribution is -0.123. The molecule has 0 spiro atoms. The molecule has 1 unspecified atom stereocenters. The van der Waals surface area contributed by atoms with Crippen molar-refractivity contribution in [3.63, 3.8) is 0 Å². The molecule has 3 nitrogen and oxygen atoms in total. The molecule has 1 aliphatic rings. The summed E-state index contributed by atoms with van der Waals surface area (Å²) in [6, 6.07) is 0. The van der Waals surface area contributed by atoms with Crippen LogP contribution in [0, 0.1) is 12.8 Å². The first kappa shape index (κ1) is 10.8. The van der Waals surface area contributed by atoms with E-state index < -0.39 is 5.54 Å². The van der Waals surface area contributed by atoms with E-state index >= 15 is 0 Å². The Morgan fingerprint density at radius 3 is 2.87 bits per heavy atom. The highest BCUT2D eigenvalue weighted by molar-refractivity contribution is 7.09. The van der Waals surface area contributed by atoms with Gasteiger partial charge in [-0.3, -0.25) is 4.79 Å². The molecule has 0 aromatic carbocycles. The van der Waals surface area contributed by atoms with Crippen LogP contribution >= 0.6 is 11.3 Å². The number of aryl methyl sites for hydroxylation is 1. The van der Waals surface area contributed by atoms with Gasteiger partial charge in [0.15, 0.2) is 5.78 Å². The fourth-order valence-corrected chi connectivity index (χ4v) is 2.49. The summed E-state index contributed by atoms with van der Waals surface area (Å²) in [5.41, 5.74) is 6.39. The van der Waals surface area contributed by atoms with Crippen molar-refractivity contribution >= 4 is 17.1 Å². The third kappa shape index (κ3) is 2.26. The Morgan fingerprint density at radius 2 is 2.40 bits per heavy atom. The van der Waals surface area contributed by atoms with Crippen LogP contribution in [0.5, 0.6) is 0 Å². The molecule has 82 valence electrons. The number of hydrogen-bond acceptors (Lipinski definition) is 4. The molecule has 1 aromatic rings. The zero-order valence-corrected chi connectivity index (χ0v) is 9.93. The third-order valence-electron chi connectivity index (χ3n) is 3.00. The smallest absolute Gasteiger partial charge is 0.159 e. The average molecular weight is 224 g/mol. The van der Waals surface area contributed by atoms with Gasteiger partial charge < -0.3 is 5.73 Å². The van der Waals surface area contributed by atoms with Crippen LogP contribution in [0.3, 0.4) is 0 Å². The number of carbonyl (C=O) groups is 1. The number of aromatic nitrogens is 1. The lowest BCUT2D eigenvalue weighted by Gasteiger charge is -2.21. The zero-order valence-electron chi connectivity index (χ0n) is 9.12. The number of nitrogens with two attached hydrogens (primary N) is 1. The Labute approximate surface area is 93.7 Å². The minimum Gasteiger partial charge on any atom is -0.319 e. The van der Waals surface area contributed by atoms with Crippen LogP contribution in [-0.4, -0.2) is 16.3 Å². The Hall–Kier alpha value is -0.740. The molecular weight excluding hydrogens is 208 g/mol. The van der Waals surface area contributed by atoms with E-state index in [2.05, 4.69) is 4.98 Å². The second-order valence-electron chi connectivity index (χ2n) is 4.54. The Bertz CT molecular complexity index is 380. The molecule has 1 atom stereocenters. The van der Waals surface area contributed by atoms with Crippen molar-refractivity contribution in [2.75, 3.05) is 0 Å². The van der Waals surface area contributed by atoms with Crippen molar-refractivity contribution in [3.8, 4) is 0 Å². The van der Waals surface area contributed by atoms with Gasteiger partial charge in [0.25, 0.3) is 0 Å². The van der Waals surface area contributed by atoms with E-state index in [9.17, 15) is 4.79 Å². The van der Waals surface area contributed by atoms with Crippen LogP contribution in [-0.2, 0) is 11.2 Å². The number of thiazole rings is 1. The fourth-order valence-electron chi connectivity index (χ4n) is 1.72. The van der Waals surface area contributed by atoms with Crippen molar-refractivity contribution in [2.45, 2.75) is 38.6 Å². The number of nitrogens with zero attached hydrogens (tertiary/aromatic N) is 1. The molecule has 1 fully saturated rings. The van der Waals surface area contributed by atoms with E-state index in [0.717, 1.165) is 23.5 Å². The summed E-state index contributed by atoms with van der Waals surface area (Å²) in [6.45, 7) is 3.79. The predicted octanol–water partition coefficient (Wildman–Crippen LogP) is 1.69. The molecule has 4 heteroatoms.